The molecule has 3 heterocycles. The molecule has 13 heteroatoms. The quantitative estimate of drug-likeness (QED) is 0.293. The van der Waals surface area contributed by atoms with Gasteiger partial charge in [0, 0.05) is 38.7 Å². The largest absolute Gasteiger partial charge is 0.416 e. The minimum Gasteiger partial charge on any atom is -0.396 e. The van der Waals surface area contributed by atoms with Crippen LogP contribution in [-0.4, -0.2) is 59.8 Å². The van der Waals surface area contributed by atoms with Crippen LogP contribution in [-0.2, 0) is 11.0 Å². The minimum atomic E-state index is -4.81. The number of nitrogens with zero attached hydrogens (tertiary/aromatic N) is 5. The number of fused-ring (bicyclic) bond motifs is 1. The first-order chi connectivity index (χ1) is 17.0. The van der Waals surface area contributed by atoms with Crippen LogP contribution in [0.2, 0.25) is 0 Å². The van der Waals surface area contributed by atoms with Crippen molar-refractivity contribution < 1.29 is 22.9 Å². The normalized spacial score (nSPS) is 18.8. The smallest absolute Gasteiger partial charge is 0.396 e. The number of benzene rings is 1. The fourth-order valence-corrected chi connectivity index (χ4v) is 6.03. The number of aromatic nitrogens is 1. The lowest BCUT2D eigenvalue weighted by molar-refractivity contribution is -0.383. The summed E-state index contributed by atoms with van der Waals surface area (Å²) in [5.74, 6) is 0. The molecule has 196 valence electrons. The monoisotopic (exact) mass is 527 g/mol. The van der Waals surface area contributed by atoms with Gasteiger partial charge in [-0.1, -0.05) is 16.5 Å². The Morgan fingerprint density at radius 2 is 1.97 bits per heavy atom. The lowest BCUT2D eigenvalue weighted by atomic mass is 9.78. The summed E-state index contributed by atoms with van der Waals surface area (Å²) in [7, 11) is 0. The number of hydrogen-bond acceptors (Lipinski definition) is 9. The topological polar surface area (TPSA) is 101 Å². The molecular weight excluding hydrogens is 499 g/mol. The molecule has 1 spiro atoms. The average Bonchev–Trinajstić information content (AvgIpc) is 3.22. The van der Waals surface area contributed by atoms with Crippen molar-refractivity contribution in [1.29, 1.82) is 0 Å². The molecule has 0 N–H and O–H groups in total. The molecule has 0 atom stereocenters. The van der Waals surface area contributed by atoms with E-state index in [0.29, 0.717) is 37.0 Å². The summed E-state index contributed by atoms with van der Waals surface area (Å²) in [6.45, 7) is 8.52. The Morgan fingerprint density at radius 1 is 1.28 bits per heavy atom. The summed E-state index contributed by atoms with van der Waals surface area (Å²) >= 11 is 0.901. The van der Waals surface area contributed by atoms with Gasteiger partial charge < -0.3 is 14.6 Å². The molecule has 36 heavy (non-hydrogen) atoms. The van der Waals surface area contributed by atoms with E-state index >= 15 is 0 Å². The van der Waals surface area contributed by atoms with Crippen molar-refractivity contribution in [2.75, 3.05) is 44.2 Å². The van der Waals surface area contributed by atoms with Crippen molar-refractivity contribution in [1.82, 2.24) is 9.88 Å². The van der Waals surface area contributed by atoms with Gasteiger partial charge in [0.05, 0.1) is 21.6 Å². The molecule has 0 unspecified atom stereocenters. The van der Waals surface area contributed by atoms with Gasteiger partial charge in [0.1, 0.15) is 11.3 Å². The highest BCUT2D eigenvalue weighted by atomic mass is 32.1. The molecule has 2 aliphatic rings. The average molecular weight is 528 g/mol. The third-order valence-corrected chi connectivity index (χ3v) is 8.13. The summed E-state index contributed by atoms with van der Waals surface area (Å²) < 4.78 is 39.5. The van der Waals surface area contributed by atoms with Crippen molar-refractivity contribution in [3.05, 3.63) is 38.2 Å². The van der Waals surface area contributed by atoms with Gasteiger partial charge in [0.25, 0.3) is 11.2 Å². The van der Waals surface area contributed by atoms with Crippen LogP contribution in [0.5, 0.6) is 0 Å². The SMILES string of the molecule is CCO/N=C(/C)CCN1CCC2(CCN(c3nc(=O)c4cc(C(F)(F)F)cc([N+](=O)[O-])c4s3)CC2)C1. The Balaban J connectivity index is 1.48. The molecule has 2 fully saturated rings. The van der Waals surface area contributed by atoms with Crippen LogP contribution in [0.4, 0.5) is 24.0 Å². The number of hydrogen-bond donors (Lipinski definition) is 0. The lowest BCUT2D eigenvalue weighted by Gasteiger charge is -2.39. The number of likely N-dealkylation sites (tertiary alicyclic amines) is 1. The Kier molecular flexibility index (Phi) is 7.51. The summed E-state index contributed by atoms with van der Waals surface area (Å²) in [6, 6.07) is 1.14. The predicted octanol–water partition coefficient (Wildman–Crippen LogP) is 4.68. The molecule has 0 saturated carbocycles. The molecule has 2 aliphatic heterocycles. The van der Waals surface area contributed by atoms with E-state index in [2.05, 4.69) is 15.0 Å². The lowest BCUT2D eigenvalue weighted by Crippen LogP contribution is -2.42. The molecule has 1 aromatic heterocycles. The molecular formula is C23H28F3N5O4S. The number of rotatable bonds is 7. The van der Waals surface area contributed by atoms with Crippen LogP contribution in [0, 0.1) is 15.5 Å². The van der Waals surface area contributed by atoms with Crippen molar-refractivity contribution in [3.8, 4) is 0 Å². The zero-order valence-corrected chi connectivity index (χ0v) is 21.0. The second-order valence-electron chi connectivity index (χ2n) is 9.44. The first kappa shape index (κ1) is 26.3. The van der Waals surface area contributed by atoms with Crippen LogP contribution in [0.25, 0.3) is 10.1 Å². The third-order valence-electron chi connectivity index (χ3n) is 6.97. The highest BCUT2D eigenvalue weighted by Gasteiger charge is 2.41. The second-order valence-corrected chi connectivity index (χ2v) is 10.4. The van der Waals surface area contributed by atoms with Crippen molar-refractivity contribution in [3.63, 3.8) is 0 Å². The van der Waals surface area contributed by atoms with Gasteiger partial charge >= 0.3 is 6.18 Å². The summed E-state index contributed by atoms with van der Waals surface area (Å²) in [5.41, 5.74) is -1.72. The maximum Gasteiger partial charge on any atom is 0.416 e. The molecule has 0 bridgehead atoms. The second kappa shape index (κ2) is 10.3. The molecule has 2 saturated heterocycles. The number of alkyl halides is 3. The standard InChI is InChI=1S/C23H28F3N5O4S/c1-3-35-28-15(2)4-8-29-9-5-22(14-29)6-10-30(11-7-22)21-27-20(32)17-12-16(23(24,25)26)13-18(31(33)34)19(17)36-21/h12-13H,3-11,14H2,1-2H3/b28-15-. The van der Waals surface area contributed by atoms with Gasteiger partial charge in [-0.2, -0.15) is 18.2 Å². The molecule has 0 amide bonds. The van der Waals surface area contributed by atoms with Gasteiger partial charge in [-0.3, -0.25) is 14.9 Å². The van der Waals surface area contributed by atoms with Gasteiger partial charge in [-0.15, -0.1) is 0 Å². The van der Waals surface area contributed by atoms with E-state index in [9.17, 15) is 28.1 Å². The van der Waals surface area contributed by atoms with E-state index in [1.807, 2.05) is 18.7 Å². The maximum absolute atomic E-state index is 13.2. The van der Waals surface area contributed by atoms with Gasteiger partial charge in [0.15, 0.2) is 5.13 Å². The maximum atomic E-state index is 13.2. The van der Waals surface area contributed by atoms with Crippen molar-refractivity contribution in [2.45, 2.75) is 45.7 Å². The van der Waals surface area contributed by atoms with Crippen LogP contribution in [0.3, 0.4) is 0 Å². The fourth-order valence-electron chi connectivity index (χ4n) is 4.91. The van der Waals surface area contributed by atoms with E-state index < -0.39 is 27.9 Å². The van der Waals surface area contributed by atoms with Gasteiger partial charge in [0.2, 0.25) is 0 Å². The Labute approximate surface area is 209 Å². The Hall–Kier alpha value is -2.80. The van der Waals surface area contributed by atoms with Gasteiger partial charge in [-0.05, 0) is 51.1 Å². The van der Waals surface area contributed by atoms with E-state index in [0.717, 1.165) is 62.4 Å². The number of nitro benzene ring substituents is 1. The first-order valence-electron chi connectivity index (χ1n) is 11.8. The fraction of sp³-hybridized carbons (Fsp3) is 0.609. The number of oxime groups is 1. The Morgan fingerprint density at radius 3 is 2.61 bits per heavy atom. The minimum absolute atomic E-state index is 0.0839. The van der Waals surface area contributed by atoms with E-state index in [-0.39, 0.29) is 15.5 Å². The molecule has 2 aromatic rings. The number of halogens is 3. The molecule has 0 aliphatic carbocycles. The van der Waals surface area contributed by atoms with Crippen LogP contribution in [0.1, 0.15) is 45.1 Å². The molecule has 1 aromatic carbocycles. The zero-order valence-electron chi connectivity index (χ0n) is 20.1. The van der Waals surface area contributed by atoms with Crippen LogP contribution >= 0.6 is 11.3 Å². The highest BCUT2D eigenvalue weighted by molar-refractivity contribution is 7.22. The van der Waals surface area contributed by atoms with Crippen LogP contribution in [0.15, 0.2) is 22.1 Å². The van der Waals surface area contributed by atoms with Crippen LogP contribution < -0.4 is 10.5 Å². The van der Waals surface area contributed by atoms with Crippen molar-refractivity contribution >= 4 is 38.0 Å². The van der Waals surface area contributed by atoms with E-state index in [1.54, 1.807) is 0 Å². The first-order valence-corrected chi connectivity index (χ1v) is 12.7. The molecule has 0 radical (unpaired) electrons. The molecule has 4 rings (SSSR count). The molecule has 9 nitrogen and oxygen atoms in total. The highest BCUT2D eigenvalue weighted by Crippen LogP contribution is 2.43. The number of piperidine rings is 1. The van der Waals surface area contributed by atoms with Crippen molar-refractivity contribution in [2.24, 2.45) is 10.6 Å². The number of anilines is 1. The summed E-state index contributed by atoms with van der Waals surface area (Å²) in [5, 5.41) is 15.5. The van der Waals surface area contributed by atoms with Gasteiger partial charge in [-0.25, -0.2) is 0 Å². The zero-order chi connectivity index (χ0) is 26.1. The number of nitro groups is 1. The Bertz CT molecular complexity index is 1220. The number of non-ortho nitro benzene ring substituents is 1. The third kappa shape index (κ3) is 5.61. The summed E-state index contributed by atoms with van der Waals surface area (Å²) in [6.07, 6.45) is -1.14. The summed E-state index contributed by atoms with van der Waals surface area (Å²) in [4.78, 5) is 36.7. The predicted molar refractivity (Wildman–Crippen MR) is 132 cm³/mol. The van der Waals surface area contributed by atoms with E-state index in [1.165, 1.54) is 0 Å². The van der Waals surface area contributed by atoms with E-state index in [4.69, 9.17) is 4.84 Å².